The second-order valence-corrected chi connectivity index (χ2v) is 6.58. The second-order valence-electron chi connectivity index (χ2n) is 3.89. The lowest BCUT2D eigenvalue weighted by Crippen LogP contribution is -2.35. The number of alkyl halides is 1. The molecule has 78 valence electrons. The van der Waals surface area contributed by atoms with Crippen molar-refractivity contribution in [3.05, 3.63) is 0 Å². The van der Waals surface area contributed by atoms with E-state index >= 15 is 0 Å². The molecule has 0 amide bonds. The smallest absolute Gasteiger partial charge is 0.0152 e. The van der Waals surface area contributed by atoms with Crippen LogP contribution in [0.3, 0.4) is 0 Å². The minimum atomic E-state index is 0.816. The van der Waals surface area contributed by atoms with Crippen molar-refractivity contribution in [3.63, 3.8) is 0 Å². The molecule has 0 aliphatic heterocycles. The molecule has 0 saturated heterocycles. The third kappa shape index (κ3) is 4.71. The summed E-state index contributed by atoms with van der Waals surface area (Å²) < 4.78 is 0. The van der Waals surface area contributed by atoms with Gasteiger partial charge in [0.15, 0.2) is 0 Å². The zero-order valence-corrected chi connectivity index (χ0v) is 11.0. The van der Waals surface area contributed by atoms with Gasteiger partial charge in [-0.15, -0.1) is 0 Å². The quantitative estimate of drug-likeness (QED) is 0.537. The summed E-state index contributed by atoms with van der Waals surface area (Å²) >= 11 is 5.67. The van der Waals surface area contributed by atoms with E-state index in [4.69, 9.17) is 0 Å². The first kappa shape index (κ1) is 11.9. The van der Waals surface area contributed by atoms with E-state index in [1.54, 1.807) is 0 Å². The van der Waals surface area contributed by atoms with Crippen molar-refractivity contribution < 1.29 is 0 Å². The first-order chi connectivity index (χ1) is 6.22. The zero-order chi connectivity index (χ0) is 9.68. The molecule has 0 atom stereocenters. The third-order valence-electron chi connectivity index (χ3n) is 2.57. The average molecular weight is 266 g/mol. The molecule has 1 aliphatic rings. The molecule has 3 heteroatoms. The minimum absolute atomic E-state index is 0.816. The van der Waals surface area contributed by atoms with E-state index in [0.29, 0.717) is 0 Å². The summed E-state index contributed by atoms with van der Waals surface area (Å²) in [6, 6.07) is 0. The first-order valence-electron chi connectivity index (χ1n) is 5.12. The standard InChI is InChI=1S/C10H20BrNS/c1-3-13-5-4-12(2)8-9-6-10(11)7-9/h9-10H,3-8H2,1-2H3. The van der Waals surface area contributed by atoms with E-state index in [-0.39, 0.29) is 0 Å². The topological polar surface area (TPSA) is 3.24 Å². The fraction of sp³-hybridized carbons (Fsp3) is 1.00. The van der Waals surface area contributed by atoms with Crippen molar-refractivity contribution >= 4 is 27.7 Å². The lowest BCUT2D eigenvalue weighted by molar-refractivity contribution is 0.221. The van der Waals surface area contributed by atoms with E-state index in [9.17, 15) is 0 Å². The van der Waals surface area contributed by atoms with Crippen molar-refractivity contribution in [1.82, 2.24) is 4.90 Å². The van der Waals surface area contributed by atoms with Crippen LogP contribution in [0.4, 0.5) is 0 Å². The Balaban J connectivity index is 1.95. The van der Waals surface area contributed by atoms with Gasteiger partial charge in [0.05, 0.1) is 0 Å². The van der Waals surface area contributed by atoms with E-state index in [1.807, 2.05) is 11.8 Å². The van der Waals surface area contributed by atoms with Gasteiger partial charge in [0.25, 0.3) is 0 Å². The van der Waals surface area contributed by atoms with Crippen molar-refractivity contribution in [3.8, 4) is 0 Å². The Bertz CT molecular complexity index is 137. The SMILES string of the molecule is CCSCCN(C)CC1CC(Br)C1. The Morgan fingerprint density at radius 3 is 2.69 bits per heavy atom. The fourth-order valence-electron chi connectivity index (χ4n) is 1.70. The van der Waals surface area contributed by atoms with Crippen molar-refractivity contribution in [2.45, 2.75) is 24.6 Å². The van der Waals surface area contributed by atoms with Crippen molar-refractivity contribution in [1.29, 1.82) is 0 Å². The van der Waals surface area contributed by atoms with Gasteiger partial charge in [-0.2, -0.15) is 11.8 Å². The molecule has 0 radical (unpaired) electrons. The second kappa shape index (κ2) is 6.31. The summed E-state index contributed by atoms with van der Waals surface area (Å²) in [5.41, 5.74) is 0. The van der Waals surface area contributed by atoms with E-state index in [2.05, 4.69) is 34.8 Å². The Hall–Kier alpha value is 0.790. The molecular weight excluding hydrogens is 246 g/mol. The number of hydrogen-bond donors (Lipinski definition) is 0. The largest absolute Gasteiger partial charge is 0.305 e. The van der Waals surface area contributed by atoms with Gasteiger partial charge in [-0.3, -0.25) is 0 Å². The maximum atomic E-state index is 3.63. The molecule has 0 aromatic carbocycles. The van der Waals surface area contributed by atoms with Crippen LogP contribution < -0.4 is 0 Å². The lowest BCUT2D eigenvalue weighted by Gasteiger charge is -2.34. The van der Waals surface area contributed by atoms with Gasteiger partial charge in [0, 0.05) is 23.7 Å². The van der Waals surface area contributed by atoms with Gasteiger partial charge in [-0.25, -0.2) is 0 Å². The van der Waals surface area contributed by atoms with Gasteiger partial charge >= 0.3 is 0 Å². The van der Waals surface area contributed by atoms with Crippen LogP contribution in [-0.2, 0) is 0 Å². The van der Waals surface area contributed by atoms with Crippen LogP contribution in [0.5, 0.6) is 0 Å². The molecule has 1 aliphatic carbocycles. The lowest BCUT2D eigenvalue weighted by atomic mass is 9.85. The Morgan fingerprint density at radius 1 is 1.46 bits per heavy atom. The number of halogens is 1. The van der Waals surface area contributed by atoms with Crippen molar-refractivity contribution in [2.75, 3.05) is 31.6 Å². The van der Waals surface area contributed by atoms with Crippen LogP contribution in [0.25, 0.3) is 0 Å². The monoisotopic (exact) mass is 265 g/mol. The molecule has 13 heavy (non-hydrogen) atoms. The Kier molecular flexibility index (Phi) is 5.75. The molecule has 1 nitrogen and oxygen atoms in total. The van der Waals surface area contributed by atoms with Crippen LogP contribution in [-0.4, -0.2) is 41.4 Å². The normalized spacial score (nSPS) is 27.7. The molecule has 0 aromatic rings. The van der Waals surface area contributed by atoms with Crippen LogP contribution in [0.15, 0.2) is 0 Å². The number of hydrogen-bond acceptors (Lipinski definition) is 2. The van der Waals surface area contributed by atoms with Crippen molar-refractivity contribution in [2.24, 2.45) is 5.92 Å². The van der Waals surface area contributed by atoms with Gasteiger partial charge in [0.2, 0.25) is 0 Å². The minimum Gasteiger partial charge on any atom is -0.305 e. The van der Waals surface area contributed by atoms with Crippen LogP contribution in [0.2, 0.25) is 0 Å². The van der Waals surface area contributed by atoms with Crippen LogP contribution >= 0.6 is 27.7 Å². The van der Waals surface area contributed by atoms with Crippen LogP contribution in [0.1, 0.15) is 19.8 Å². The molecule has 0 heterocycles. The molecule has 0 bridgehead atoms. The summed E-state index contributed by atoms with van der Waals surface area (Å²) in [5, 5.41) is 0. The van der Waals surface area contributed by atoms with Gasteiger partial charge in [-0.05, 0) is 31.6 Å². The van der Waals surface area contributed by atoms with Crippen LogP contribution in [0, 0.1) is 5.92 Å². The molecule has 1 fully saturated rings. The van der Waals surface area contributed by atoms with Gasteiger partial charge in [0.1, 0.15) is 0 Å². The fourth-order valence-corrected chi connectivity index (χ4v) is 3.49. The maximum absolute atomic E-state index is 3.63. The first-order valence-corrected chi connectivity index (χ1v) is 7.19. The summed E-state index contributed by atoms with van der Waals surface area (Å²) in [4.78, 5) is 3.29. The Labute approximate surface area is 94.8 Å². The van der Waals surface area contributed by atoms with Gasteiger partial charge in [-0.1, -0.05) is 22.9 Å². The summed E-state index contributed by atoms with van der Waals surface area (Å²) in [6.07, 6.45) is 2.76. The highest BCUT2D eigenvalue weighted by Crippen LogP contribution is 2.33. The predicted octanol–water partition coefficient (Wildman–Crippen LogP) is 2.84. The zero-order valence-electron chi connectivity index (χ0n) is 8.63. The number of nitrogens with zero attached hydrogens (tertiary/aromatic N) is 1. The number of rotatable bonds is 6. The molecule has 0 N–H and O–H groups in total. The van der Waals surface area contributed by atoms with E-state index in [1.165, 1.54) is 37.4 Å². The summed E-state index contributed by atoms with van der Waals surface area (Å²) in [5.74, 6) is 3.50. The highest BCUT2D eigenvalue weighted by atomic mass is 79.9. The summed E-state index contributed by atoms with van der Waals surface area (Å²) in [7, 11) is 2.25. The molecule has 0 aromatic heterocycles. The number of thioether (sulfide) groups is 1. The summed E-state index contributed by atoms with van der Waals surface area (Å²) in [6.45, 7) is 4.78. The van der Waals surface area contributed by atoms with E-state index < -0.39 is 0 Å². The van der Waals surface area contributed by atoms with Gasteiger partial charge < -0.3 is 4.90 Å². The highest BCUT2D eigenvalue weighted by molar-refractivity contribution is 9.09. The van der Waals surface area contributed by atoms with E-state index in [0.717, 1.165) is 10.7 Å². The molecule has 1 rings (SSSR count). The highest BCUT2D eigenvalue weighted by Gasteiger charge is 2.27. The third-order valence-corrected chi connectivity index (χ3v) is 4.20. The molecule has 0 spiro atoms. The Morgan fingerprint density at radius 2 is 2.15 bits per heavy atom. The molecule has 1 saturated carbocycles. The molecular formula is C10H20BrNS. The predicted molar refractivity (Wildman–Crippen MR) is 65.9 cm³/mol. The maximum Gasteiger partial charge on any atom is 0.0152 e. The average Bonchev–Trinajstić information content (AvgIpc) is 2.02. The molecule has 0 unspecified atom stereocenters.